The third-order valence-corrected chi connectivity index (χ3v) is 5.52. The molecular formula is C21H30FN6O2S+. The van der Waals surface area contributed by atoms with Crippen molar-refractivity contribution >= 4 is 17.5 Å². The average Bonchev–Trinajstić information content (AvgIpc) is 3.34. The highest BCUT2D eigenvalue weighted by molar-refractivity contribution is 8.02. The summed E-state index contributed by atoms with van der Waals surface area (Å²) in [6.45, 7) is 5.31. The number of aromatic nitrogens is 2. The highest BCUT2D eigenvalue weighted by Gasteiger charge is 2.16. The maximum absolute atomic E-state index is 14.7. The zero-order valence-electron chi connectivity index (χ0n) is 18.0. The van der Waals surface area contributed by atoms with Gasteiger partial charge in [0.25, 0.3) is 0 Å². The summed E-state index contributed by atoms with van der Waals surface area (Å²) in [6.07, 6.45) is 4.37. The fourth-order valence-electron chi connectivity index (χ4n) is 3.01. The first-order chi connectivity index (χ1) is 14.9. The smallest absolute Gasteiger partial charge is 0.203 e. The number of aryl methyl sites for hydroxylation is 2. The SMILES string of the molecule is C/C(=N\OC(C)COc1ccc(-c2cn(CCCN)[n+](C)c2)c(F)c1)C1=CSC(N)N1. The van der Waals surface area contributed by atoms with Crippen molar-refractivity contribution in [2.24, 2.45) is 23.7 Å². The van der Waals surface area contributed by atoms with Crippen LogP contribution in [0.25, 0.3) is 11.1 Å². The molecule has 5 N–H and O–H groups in total. The predicted octanol–water partition coefficient (Wildman–Crippen LogP) is 2.05. The summed E-state index contributed by atoms with van der Waals surface area (Å²) in [5.41, 5.74) is 14.1. The minimum atomic E-state index is -0.343. The van der Waals surface area contributed by atoms with E-state index >= 15 is 0 Å². The third-order valence-electron chi connectivity index (χ3n) is 4.74. The Labute approximate surface area is 186 Å². The van der Waals surface area contributed by atoms with E-state index in [0.717, 1.165) is 24.2 Å². The molecule has 31 heavy (non-hydrogen) atoms. The molecule has 2 atom stereocenters. The van der Waals surface area contributed by atoms with Crippen LogP contribution in [0.4, 0.5) is 4.39 Å². The number of benzene rings is 1. The first-order valence-corrected chi connectivity index (χ1v) is 11.1. The van der Waals surface area contributed by atoms with E-state index in [9.17, 15) is 4.39 Å². The van der Waals surface area contributed by atoms with Crippen LogP contribution in [0.5, 0.6) is 5.75 Å². The summed E-state index contributed by atoms with van der Waals surface area (Å²) in [4.78, 5) is 5.47. The number of halogens is 1. The number of rotatable bonds is 10. The summed E-state index contributed by atoms with van der Waals surface area (Å²) < 4.78 is 24.3. The lowest BCUT2D eigenvalue weighted by Gasteiger charge is -2.13. The minimum absolute atomic E-state index is 0.161. The van der Waals surface area contributed by atoms with Crippen molar-refractivity contribution in [1.82, 2.24) is 10.00 Å². The van der Waals surface area contributed by atoms with Crippen molar-refractivity contribution in [3.63, 3.8) is 0 Å². The molecule has 0 saturated carbocycles. The van der Waals surface area contributed by atoms with Crippen LogP contribution in [0.3, 0.4) is 0 Å². The zero-order chi connectivity index (χ0) is 22.4. The van der Waals surface area contributed by atoms with Gasteiger partial charge in [-0.1, -0.05) is 16.9 Å². The second-order valence-electron chi connectivity index (χ2n) is 7.37. The van der Waals surface area contributed by atoms with E-state index in [-0.39, 0.29) is 24.0 Å². The molecule has 0 saturated heterocycles. The molecule has 10 heteroatoms. The quantitative estimate of drug-likeness (QED) is 0.291. The summed E-state index contributed by atoms with van der Waals surface area (Å²) in [5, 5.41) is 9.10. The van der Waals surface area contributed by atoms with E-state index in [0.29, 0.717) is 23.6 Å². The van der Waals surface area contributed by atoms with Gasteiger partial charge in [0.2, 0.25) is 6.20 Å². The lowest BCUT2D eigenvalue weighted by Crippen LogP contribution is -2.38. The molecule has 0 spiro atoms. The molecule has 3 rings (SSSR count). The van der Waals surface area contributed by atoms with Crippen LogP contribution in [0.1, 0.15) is 20.3 Å². The topological polar surface area (TPSA) is 104 Å². The highest BCUT2D eigenvalue weighted by Crippen LogP contribution is 2.26. The number of nitrogens with two attached hydrogens (primary N) is 2. The van der Waals surface area contributed by atoms with Crippen molar-refractivity contribution in [1.29, 1.82) is 0 Å². The van der Waals surface area contributed by atoms with Gasteiger partial charge in [-0.3, -0.25) is 0 Å². The Hall–Kier alpha value is -2.56. The molecule has 0 aliphatic carbocycles. The Kier molecular flexibility index (Phi) is 7.94. The van der Waals surface area contributed by atoms with Crippen LogP contribution in [0.15, 0.2) is 46.9 Å². The van der Waals surface area contributed by atoms with Gasteiger partial charge in [0, 0.05) is 11.6 Å². The second kappa shape index (κ2) is 10.7. The molecule has 1 aliphatic rings. The van der Waals surface area contributed by atoms with Crippen LogP contribution >= 0.6 is 11.8 Å². The lowest BCUT2D eigenvalue weighted by atomic mass is 10.1. The third kappa shape index (κ3) is 6.22. The molecule has 1 aromatic carbocycles. The second-order valence-corrected chi connectivity index (χ2v) is 8.39. The van der Waals surface area contributed by atoms with Gasteiger partial charge in [-0.2, -0.15) is 4.68 Å². The molecule has 1 aliphatic heterocycles. The normalized spacial score (nSPS) is 17.3. The van der Waals surface area contributed by atoms with E-state index in [1.54, 1.807) is 12.1 Å². The minimum Gasteiger partial charge on any atom is -0.490 e. The van der Waals surface area contributed by atoms with E-state index < -0.39 is 0 Å². The molecule has 2 aromatic rings. The van der Waals surface area contributed by atoms with Gasteiger partial charge in [0.15, 0.2) is 13.2 Å². The zero-order valence-corrected chi connectivity index (χ0v) is 18.9. The van der Waals surface area contributed by atoms with Crippen LogP contribution in [0, 0.1) is 5.82 Å². The van der Waals surface area contributed by atoms with Gasteiger partial charge in [0.1, 0.15) is 29.4 Å². The van der Waals surface area contributed by atoms with E-state index in [1.807, 2.05) is 48.1 Å². The molecule has 0 fully saturated rings. The van der Waals surface area contributed by atoms with Crippen LogP contribution in [-0.2, 0) is 18.4 Å². The first-order valence-electron chi connectivity index (χ1n) is 10.1. The van der Waals surface area contributed by atoms with Crippen molar-refractivity contribution in [3.05, 3.63) is 47.5 Å². The maximum atomic E-state index is 14.7. The lowest BCUT2D eigenvalue weighted by molar-refractivity contribution is -0.753. The van der Waals surface area contributed by atoms with Crippen LogP contribution in [0.2, 0.25) is 0 Å². The number of allylic oxidation sites excluding steroid dienone is 1. The van der Waals surface area contributed by atoms with Gasteiger partial charge in [-0.05, 0) is 44.4 Å². The fourth-order valence-corrected chi connectivity index (χ4v) is 3.73. The van der Waals surface area contributed by atoms with Crippen LogP contribution < -0.4 is 26.2 Å². The van der Waals surface area contributed by atoms with Gasteiger partial charge in [0.05, 0.1) is 24.0 Å². The summed E-state index contributed by atoms with van der Waals surface area (Å²) in [5.74, 6) is 0.0940. The van der Waals surface area contributed by atoms with Gasteiger partial charge < -0.3 is 26.4 Å². The van der Waals surface area contributed by atoms with E-state index in [2.05, 4.69) is 10.5 Å². The first kappa shape index (κ1) is 23.1. The molecule has 0 radical (unpaired) electrons. The molecule has 2 heterocycles. The summed E-state index contributed by atoms with van der Waals surface area (Å²) in [7, 11) is 1.92. The highest BCUT2D eigenvalue weighted by atomic mass is 32.2. The Morgan fingerprint density at radius 3 is 2.94 bits per heavy atom. The average molecular weight is 450 g/mol. The molecule has 2 unspecified atom stereocenters. The number of hydrogen-bond donors (Lipinski definition) is 3. The molecule has 0 amide bonds. The Morgan fingerprint density at radius 1 is 1.45 bits per heavy atom. The van der Waals surface area contributed by atoms with Crippen molar-refractivity contribution in [2.75, 3.05) is 13.2 Å². The number of hydrogen-bond acceptors (Lipinski definition) is 7. The van der Waals surface area contributed by atoms with Gasteiger partial charge in [-0.15, -0.1) is 4.68 Å². The van der Waals surface area contributed by atoms with Gasteiger partial charge in [-0.25, -0.2) is 4.39 Å². The monoisotopic (exact) mass is 449 g/mol. The molecular weight excluding hydrogens is 419 g/mol. The molecule has 8 nitrogen and oxygen atoms in total. The number of nitrogens with zero attached hydrogens (tertiary/aromatic N) is 3. The predicted molar refractivity (Wildman–Crippen MR) is 121 cm³/mol. The fraction of sp³-hybridized carbons (Fsp3) is 0.429. The summed E-state index contributed by atoms with van der Waals surface area (Å²) >= 11 is 1.48. The largest absolute Gasteiger partial charge is 0.490 e. The number of oxime groups is 1. The standard InChI is InChI=1S/C21H30FN6O2S/c1-14(30-26-15(2)20-13-31-21(24)25-20)12-29-17-5-6-18(19(22)9-17)16-10-27(3)28(11-16)8-4-7-23/h5-6,9-11,13-14,21,25H,4,7-8,12,23-24H2,1-3H3/q+1/b26-15+. The Balaban J connectivity index is 1.55. The maximum Gasteiger partial charge on any atom is 0.203 e. The number of thioether (sulfide) groups is 1. The van der Waals surface area contributed by atoms with Crippen molar-refractivity contribution < 1.29 is 18.6 Å². The molecule has 168 valence electrons. The number of ether oxygens (including phenoxy) is 1. The number of nitrogens with one attached hydrogen (secondary N) is 1. The van der Waals surface area contributed by atoms with E-state index in [4.69, 9.17) is 21.0 Å². The summed E-state index contributed by atoms with van der Waals surface area (Å²) in [6, 6.07) is 4.86. The van der Waals surface area contributed by atoms with Gasteiger partial charge >= 0.3 is 0 Å². The van der Waals surface area contributed by atoms with Crippen molar-refractivity contribution in [2.45, 2.75) is 38.4 Å². The Bertz CT molecular complexity index is 961. The van der Waals surface area contributed by atoms with Crippen molar-refractivity contribution in [3.8, 4) is 16.9 Å². The molecule has 0 bridgehead atoms. The molecule has 1 aromatic heterocycles. The van der Waals surface area contributed by atoms with E-state index in [1.165, 1.54) is 17.8 Å². The van der Waals surface area contributed by atoms with Crippen LogP contribution in [-0.4, -0.2) is 35.1 Å². The Morgan fingerprint density at radius 2 is 2.26 bits per heavy atom.